The third kappa shape index (κ3) is 5.27. The van der Waals surface area contributed by atoms with E-state index in [4.69, 9.17) is 4.74 Å². The lowest BCUT2D eigenvalue weighted by molar-refractivity contribution is 0.0705. The quantitative estimate of drug-likeness (QED) is 0.421. The summed E-state index contributed by atoms with van der Waals surface area (Å²) in [5.41, 5.74) is 3.18. The monoisotopic (exact) mass is 466 g/mol. The van der Waals surface area contributed by atoms with Crippen LogP contribution in [0.25, 0.3) is 0 Å². The van der Waals surface area contributed by atoms with Gasteiger partial charge in [-0.2, -0.15) is 0 Å². The van der Waals surface area contributed by atoms with Gasteiger partial charge in [-0.15, -0.1) is 0 Å². The number of anilines is 2. The van der Waals surface area contributed by atoms with Crippen LogP contribution in [0.3, 0.4) is 0 Å². The number of nitrogens with zero attached hydrogens (tertiary/aromatic N) is 5. The van der Waals surface area contributed by atoms with E-state index in [9.17, 15) is 4.79 Å². The number of amides is 1. The highest BCUT2D eigenvalue weighted by molar-refractivity contribution is 5.95. The number of carbonyl (C=O) groups excluding carboxylic acids is 1. The van der Waals surface area contributed by atoms with Crippen LogP contribution >= 0.6 is 0 Å². The van der Waals surface area contributed by atoms with Gasteiger partial charge in [-0.25, -0.2) is 15.0 Å². The molecule has 2 aromatic carbocycles. The van der Waals surface area contributed by atoms with Crippen molar-refractivity contribution in [3.8, 4) is 11.6 Å². The van der Waals surface area contributed by atoms with E-state index in [1.54, 1.807) is 30.9 Å². The van der Waals surface area contributed by atoms with E-state index in [0.717, 1.165) is 35.5 Å². The Bertz CT molecular complexity index is 1310. The molecule has 1 aliphatic heterocycles. The number of hydrogen-bond acceptors (Lipinski definition) is 7. The van der Waals surface area contributed by atoms with Gasteiger partial charge in [0.25, 0.3) is 5.91 Å². The Morgan fingerprint density at radius 3 is 2.66 bits per heavy atom. The van der Waals surface area contributed by atoms with Crippen molar-refractivity contribution in [3.63, 3.8) is 0 Å². The van der Waals surface area contributed by atoms with Crippen LogP contribution in [0.2, 0.25) is 0 Å². The Labute approximate surface area is 204 Å². The number of nitrogens with one attached hydrogen (secondary N) is 1. The van der Waals surface area contributed by atoms with Gasteiger partial charge in [0, 0.05) is 55.0 Å². The van der Waals surface area contributed by atoms with E-state index in [1.165, 1.54) is 0 Å². The summed E-state index contributed by atoms with van der Waals surface area (Å²) in [4.78, 5) is 32.7. The smallest absolute Gasteiger partial charge is 0.253 e. The predicted molar refractivity (Wildman–Crippen MR) is 133 cm³/mol. The second-order valence-corrected chi connectivity index (χ2v) is 8.48. The highest BCUT2D eigenvalue weighted by Crippen LogP contribution is 2.34. The van der Waals surface area contributed by atoms with Gasteiger partial charge in [0.1, 0.15) is 11.4 Å². The molecule has 0 spiro atoms. The van der Waals surface area contributed by atoms with Crippen molar-refractivity contribution in [1.82, 2.24) is 24.8 Å². The van der Waals surface area contributed by atoms with Gasteiger partial charge in [-0.3, -0.25) is 9.78 Å². The molecule has 0 bridgehead atoms. The third-order valence-electron chi connectivity index (χ3n) is 6.02. The maximum Gasteiger partial charge on any atom is 0.253 e. The summed E-state index contributed by atoms with van der Waals surface area (Å²) >= 11 is 0. The highest BCUT2D eigenvalue weighted by atomic mass is 16.5. The average molecular weight is 467 g/mol. The molecule has 1 saturated heterocycles. The topological polar surface area (TPSA) is 93.1 Å². The van der Waals surface area contributed by atoms with Crippen LogP contribution in [0, 0.1) is 6.92 Å². The van der Waals surface area contributed by atoms with Gasteiger partial charge in [-0.05, 0) is 55.7 Å². The molecule has 1 N–H and O–H groups in total. The fourth-order valence-corrected chi connectivity index (χ4v) is 4.26. The normalized spacial score (nSPS) is 15.5. The molecule has 35 heavy (non-hydrogen) atoms. The molecule has 0 saturated carbocycles. The molecule has 1 fully saturated rings. The highest BCUT2D eigenvalue weighted by Gasteiger charge is 2.29. The van der Waals surface area contributed by atoms with E-state index in [1.807, 2.05) is 60.4 Å². The summed E-state index contributed by atoms with van der Waals surface area (Å²) < 4.78 is 6.15. The van der Waals surface area contributed by atoms with Gasteiger partial charge in [0.2, 0.25) is 11.8 Å². The summed E-state index contributed by atoms with van der Waals surface area (Å²) in [6, 6.07) is 17.0. The molecule has 2 aromatic heterocycles. The maximum atomic E-state index is 13.4. The third-order valence-corrected chi connectivity index (χ3v) is 6.02. The molecule has 0 aliphatic carbocycles. The van der Waals surface area contributed by atoms with Crippen molar-refractivity contribution < 1.29 is 9.53 Å². The minimum atomic E-state index is -0.0161. The lowest BCUT2D eigenvalue weighted by atomic mass is 9.94. The Hall–Kier alpha value is -4.33. The molecular weight excluding hydrogens is 440 g/mol. The van der Waals surface area contributed by atoms with Gasteiger partial charge in [-0.1, -0.05) is 24.3 Å². The van der Waals surface area contributed by atoms with E-state index < -0.39 is 0 Å². The fraction of sp³-hybridized carbons (Fsp3) is 0.222. The van der Waals surface area contributed by atoms with Crippen molar-refractivity contribution >= 4 is 17.5 Å². The van der Waals surface area contributed by atoms with Crippen molar-refractivity contribution in [3.05, 3.63) is 96.2 Å². The van der Waals surface area contributed by atoms with Crippen LogP contribution in [-0.2, 0) is 0 Å². The van der Waals surface area contributed by atoms with Crippen molar-refractivity contribution in [2.75, 3.05) is 18.4 Å². The molecule has 8 heteroatoms. The SMILES string of the molecule is Cc1ccccc1Oc1nccnc1[C@H]1CCCN(C(=O)c2cccc(Nc3ncccn3)c2)C1. The first-order chi connectivity index (χ1) is 17.2. The second kappa shape index (κ2) is 10.3. The van der Waals surface area contributed by atoms with Crippen LogP contribution in [0.15, 0.2) is 79.4 Å². The Morgan fingerprint density at radius 2 is 1.80 bits per heavy atom. The molecule has 176 valence electrons. The number of aromatic nitrogens is 4. The first-order valence-corrected chi connectivity index (χ1v) is 11.6. The number of benzene rings is 2. The lowest BCUT2D eigenvalue weighted by Crippen LogP contribution is -2.39. The summed E-state index contributed by atoms with van der Waals surface area (Å²) in [6.45, 7) is 3.25. The number of likely N-dealkylation sites (tertiary alicyclic amines) is 1. The molecule has 1 amide bonds. The number of rotatable bonds is 6. The lowest BCUT2D eigenvalue weighted by Gasteiger charge is -2.33. The standard InChI is InChI=1S/C27H26N6O2/c1-19-7-2-3-11-23(19)35-25-24(28-14-15-29-25)21-9-5-16-33(18-21)26(34)20-8-4-10-22(17-20)32-27-30-12-6-13-31-27/h2-4,6-8,10-15,17,21H,5,9,16,18H2,1H3,(H,30,31,32)/t21-/m0/s1. The molecule has 0 radical (unpaired) electrons. The molecule has 5 rings (SSSR count). The van der Waals surface area contributed by atoms with Gasteiger partial charge in [0.05, 0.1) is 0 Å². The predicted octanol–water partition coefficient (Wildman–Crippen LogP) is 5.13. The average Bonchev–Trinajstić information content (AvgIpc) is 2.91. The van der Waals surface area contributed by atoms with Crippen molar-refractivity contribution in [2.24, 2.45) is 0 Å². The Balaban J connectivity index is 1.32. The Kier molecular flexibility index (Phi) is 6.61. The first kappa shape index (κ1) is 22.5. The zero-order valence-electron chi connectivity index (χ0n) is 19.5. The molecule has 8 nitrogen and oxygen atoms in total. The number of ether oxygens (including phenoxy) is 1. The van der Waals surface area contributed by atoms with Crippen molar-refractivity contribution in [1.29, 1.82) is 0 Å². The number of piperidine rings is 1. The molecule has 4 aromatic rings. The summed E-state index contributed by atoms with van der Waals surface area (Å²) in [6.07, 6.45) is 8.45. The largest absolute Gasteiger partial charge is 0.437 e. The maximum absolute atomic E-state index is 13.4. The number of hydrogen-bond donors (Lipinski definition) is 1. The number of carbonyl (C=O) groups is 1. The zero-order valence-corrected chi connectivity index (χ0v) is 19.5. The van der Waals surface area contributed by atoms with Crippen LogP contribution in [0.1, 0.15) is 40.4 Å². The summed E-state index contributed by atoms with van der Waals surface area (Å²) in [5, 5.41) is 3.14. The zero-order chi connectivity index (χ0) is 24.0. The molecular formula is C27H26N6O2. The minimum absolute atomic E-state index is 0.0161. The van der Waals surface area contributed by atoms with Gasteiger partial charge < -0.3 is 15.0 Å². The fourth-order valence-electron chi connectivity index (χ4n) is 4.26. The van der Waals surface area contributed by atoms with Crippen LogP contribution in [0.4, 0.5) is 11.6 Å². The van der Waals surface area contributed by atoms with Gasteiger partial charge >= 0.3 is 0 Å². The van der Waals surface area contributed by atoms with E-state index >= 15 is 0 Å². The first-order valence-electron chi connectivity index (χ1n) is 11.6. The van der Waals surface area contributed by atoms with Gasteiger partial charge in [0.15, 0.2) is 0 Å². The molecule has 3 heterocycles. The van der Waals surface area contributed by atoms with Crippen LogP contribution in [0.5, 0.6) is 11.6 Å². The molecule has 1 atom stereocenters. The number of para-hydroxylation sites is 1. The summed E-state index contributed by atoms with van der Waals surface area (Å²) in [7, 11) is 0. The van der Waals surface area contributed by atoms with E-state index in [0.29, 0.717) is 30.5 Å². The van der Waals surface area contributed by atoms with Crippen LogP contribution in [-0.4, -0.2) is 43.8 Å². The van der Waals surface area contributed by atoms with Crippen LogP contribution < -0.4 is 10.1 Å². The van der Waals surface area contributed by atoms with Crippen molar-refractivity contribution in [2.45, 2.75) is 25.7 Å². The second-order valence-electron chi connectivity index (χ2n) is 8.48. The molecule has 1 aliphatic rings. The van der Waals surface area contributed by atoms with E-state index in [-0.39, 0.29) is 11.8 Å². The Morgan fingerprint density at radius 1 is 0.971 bits per heavy atom. The molecule has 0 unspecified atom stereocenters. The summed E-state index contributed by atoms with van der Waals surface area (Å²) in [5.74, 6) is 1.76. The number of aryl methyl sites for hydroxylation is 1. The van der Waals surface area contributed by atoms with E-state index in [2.05, 4.69) is 25.3 Å². The minimum Gasteiger partial charge on any atom is -0.437 e.